The van der Waals surface area contributed by atoms with E-state index in [1.165, 1.54) is 37.7 Å². The van der Waals surface area contributed by atoms with Gasteiger partial charge in [0.15, 0.2) is 0 Å². The number of nitrogens with one attached hydrogen (secondary N) is 1. The zero-order chi connectivity index (χ0) is 12.6. The minimum Gasteiger partial charge on any atom is -0.313 e. The second-order valence-corrected chi connectivity index (χ2v) is 5.12. The van der Waals surface area contributed by atoms with Crippen molar-refractivity contribution in [2.24, 2.45) is 5.92 Å². The van der Waals surface area contributed by atoms with Gasteiger partial charge in [0.05, 0.1) is 0 Å². The van der Waals surface area contributed by atoms with Crippen LogP contribution < -0.4 is 5.32 Å². The van der Waals surface area contributed by atoms with Gasteiger partial charge in [-0.3, -0.25) is 4.98 Å². The van der Waals surface area contributed by atoms with Crippen molar-refractivity contribution in [3.63, 3.8) is 0 Å². The summed E-state index contributed by atoms with van der Waals surface area (Å²) in [5.41, 5.74) is 2.85. The lowest BCUT2D eigenvalue weighted by Crippen LogP contribution is -2.22. The van der Waals surface area contributed by atoms with Crippen LogP contribution in [0.25, 0.3) is 6.08 Å². The maximum absolute atomic E-state index is 4.08. The third-order valence-corrected chi connectivity index (χ3v) is 3.77. The van der Waals surface area contributed by atoms with E-state index >= 15 is 0 Å². The molecule has 1 saturated carbocycles. The molecular weight excluding hydrogens is 220 g/mol. The largest absolute Gasteiger partial charge is 0.313 e. The Balaban J connectivity index is 2.10. The second kappa shape index (κ2) is 7.32. The van der Waals surface area contributed by atoms with Crippen LogP contribution in [0.3, 0.4) is 0 Å². The van der Waals surface area contributed by atoms with Crippen molar-refractivity contribution in [2.75, 3.05) is 13.1 Å². The van der Waals surface area contributed by atoms with Crippen LogP contribution in [0.5, 0.6) is 0 Å². The molecule has 18 heavy (non-hydrogen) atoms. The fraction of sp³-hybridized carbons (Fsp3) is 0.562. The zero-order valence-corrected chi connectivity index (χ0v) is 11.4. The SMILES string of the molecule is CCNCC(=Cc1ccncc1)C1CCCCC1. The van der Waals surface area contributed by atoms with Gasteiger partial charge in [-0.1, -0.05) is 37.8 Å². The van der Waals surface area contributed by atoms with Gasteiger partial charge in [0.2, 0.25) is 0 Å². The highest BCUT2D eigenvalue weighted by Crippen LogP contribution is 2.30. The van der Waals surface area contributed by atoms with Gasteiger partial charge in [-0.2, -0.15) is 0 Å². The fourth-order valence-corrected chi connectivity index (χ4v) is 2.73. The Kier molecular flexibility index (Phi) is 5.40. The van der Waals surface area contributed by atoms with Gasteiger partial charge in [0, 0.05) is 18.9 Å². The Morgan fingerprint density at radius 1 is 1.28 bits per heavy atom. The minimum atomic E-state index is 0.783. The molecule has 1 aromatic rings. The van der Waals surface area contributed by atoms with Gasteiger partial charge < -0.3 is 5.32 Å². The Labute approximate surface area is 111 Å². The van der Waals surface area contributed by atoms with Crippen molar-refractivity contribution in [3.05, 3.63) is 35.7 Å². The van der Waals surface area contributed by atoms with Gasteiger partial charge in [-0.15, -0.1) is 0 Å². The molecule has 1 aliphatic carbocycles. The third-order valence-electron chi connectivity index (χ3n) is 3.77. The molecule has 0 amide bonds. The van der Waals surface area contributed by atoms with Crippen molar-refractivity contribution in [2.45, 2.75) is 39.0 Å². The van der Waals surface area contributed by atoms with E-state index in [-0.39, 0.29) is 0 Å². The normalized spacial score (nSPS) is 17.9. The maximum atomic E-state index is 4.08. The topological polar surface area (TPSA) is 24.9 Å². The minimum absolute atomic E-state index is 0.783. The summed E-state index contributed by atoms with van der Waals surface area (Å²) in [4.78, 5) is 4.08. The van der Waals surface area contributed by atoms with Gasteiger partial charge in [0.25, 0.3) is 0 Å². The molecule has 0 unspecified atom stereocenters. The summed E-state index contributed by atoms with van der Waals surface area (Å²) in [6.45, 7) is 4.24. The summed E-state index contributed by atoms with van der Waals surface area (Å²) >= 11 is 0. The molecule has 2 nitrogen and oxygen atoms in total. The molecule has 1 fully saturated rings. The van der Waals surface area contributed by atoms with Crippen molar-refractivity contribution >= 4 is 6.08 Å². The Morgan fingerprint density at radius 2 is 2.00 bits per heavy atom. The average molecular weight is 244 g/mol. The average Bonchev–Trinajstić information content (AvgIpc) is 2.45. The van der Waals surface area contributed by atoms with Crippen molar-refractivity contribution in [1.82, 2.24) is 10.3 Å². The van der Waals surface area contributed by atoms with Crippen molar-refractivity contribution in [1.29, 1.82) is 0 Å². The standard InChI is InChI=1S/C16H24N2/c1-2-17-13-16(15-6-4-3-5-7-15)12-14-8-10-18-11-9-14/h8-12,15,17H,2-7,13H2,1H3. The quantitative estimate of drug-likeness (QED) is 0.855. The van der Waals surface area contributed by atoms with Crippen LogP contribution in [0.1, 0.15) is 44.6 Å². The summed E-state index contributed by atoms with van der Waals surface area (Å²) in [6, 6.07) is 4.18. The first-order valence-corrected chi connectivity index (χ1v) is 7.21. The van der Waals surface area contributed by atoms with Crippen LogP contribution in [0, 0.1) is 5.92 Å². The lowest BCUT2D eigenvalue weighted by molar-refractivity contribution is 0.397. The van der Waals surface area contributed by atoms with Crippen LogP contribution in [-0.2, 0) is 0 Å². The molecular formula is C16H24N2. The van der Waals surface area contributed by atoms with E-state index in [2.05, 4.69) is 35.4 Å². The molecule has 98 valence electrons. The summed E-state index contributed by atoms with van der Waals surface area (Å²) in [5.74, 6) is 0.783. The lowest BCUT2D eigenvalue weighted by Gasteiger charge is -2.25. The van der Waals surface area contributed by atoms with Crippen LogP contribution in [0.15, 0.2) is 30.1 Å². The first-order valence-electron chi connectivity index (χ1n) is 7.21. The molecule has 0 aliphatic heterocycles. The first kappa shape index (κ1) is 13.3. The maximum Gasteiger partial charge on any atom is 0.0273 e. The molecule has 0 aromatic carbocycles. The molecule has 2 rings (SSSR count). The first-order chi connectivity index (χ1) is 8.90. The van der Waals surface area contributed by atoms with E-state index in [9.17, 15) is 0 Å². The summed E-state index contributed by atoms with van der Waals surface area (Å²) in [6.07, 6.45) is 13.0. The molecule has 1 heterocycles. The summed E-state index contributed by atoms with van der Waals surface area (Å²) in [7, 11) is 0. The van der Waals surface area contributed by atoms with Gasteiger partial charge >= 0.3 is 0 Å². The van der Waals surface area contributed by atoms with Crippen LogP contribution >= 0.6 is 0 Å². The molecule has 0 spiro atoms. The molecule has 0 atom stereocenters. The van der Waals surface area contributed by atoms with Crippen molar-refractivity contribution < 1.29 is 0 Å². The number of pyridine rings is 1. The van der Waals surface area contributed by atoms with E-state index < -0.39 is 0 Å². The Bertz CT molecular complexity index is 364. The smallest absolute Gasteiger partial charge is 0.0273 e. The number of hydrogen-bond donors (Lipinski definition) is 1. The third kappa shape index (κ3) is 3.95. The molecule has 1 N–H and O–H groups in total. The van der Waals surface area contributed by atoms with E-state index in [0.717, 1.165) is 19.0 Å². The molecule has 0 saturated heterocycles. The van der Waals surface area contributed by atoms with Crippen LogP contribution in [-0.4, -0.2) is 18.1 Å². The highest BCUT2D eigenvalue weighted by atomic mass is 14.8. The number of nitrogens with zero attached hydrogens (tertiary/aromatic N) is 1. The Hall–Kier alpha value is -1.15. The number of aromatic nitrogens is 1. The fourth-order valence-electron chi connectivity index (χ4n) is 2.73. The highest BCUT2D eigenvalue weighted by molar-refractivity contribution is 5.53. The van der Waals surface area contributed by atoms with E-state index in [1.54, 1.807) is 5.57 Å². The molecule has 2 heteroatoms. The van der Waals surface area contributed by atoms with Gasteiger partial charge in [-0.05, 0) is 43.0 Å². The number of likely N-dealkylation sites (N-methyl/N-ethyl adjacent to an activating group) is 1. The lowest BCUT2D eigenvalue weighted by atomic mass is 9.83. The van der Waals surface area contributed by atoms with Crippen molar-refractivity contribution in [3.8, 4) is 0 Å². The van der Waals surface area contributed by atoms with E-state index in [1.807, 2.05) is 12.4 Å². The second-order valence-electron chi connectivity index (χ2n) is 5.12. The predicted molar refractivity (Wildman–Crippen MR) is 77.3 cm³/mol. The van der Waals surface area contributed by atoms with Gasteiger partial charge in [-0.25, -0.2) is 0 Å². The molecule has 0 bridgehead atoms. The molecule has 0 radical (unpaired) electrons. The summed E-state index contributed by atoms with van der Waals surface area (Å²) in [5, 5.41) is 3.48. The van der Waals surface area contributed by atoms with Gasteiger partial charge in [0.1, 0.15) is 0 Å². The zero-order valence-electron chi connectivity index (χ0n) is 11.4. The van der Waals surface area contributed by atoms with Crippen LogP contribution in [0.4, 0.5) is 0 Å². The van der Waals surface area contributed by atoms with E-state index in [4.69, 9.17) is 0 Å². The summed E-state index contributed by atoms with van der Waals surface area (Å²) < 4.78 is 0. The monoisotopic (exact) mass is 244 g/mol. The Morgan fingerprint density at radius 3 is 2.67 bits per heavy atom. The number of rotatable bonds is 5. The number of hydrogen-bond acceptors (Lipinski definition) is 2. The molecule has 1 aromatic heterocycles. The predicted octanol–water partition coefficient (Wildman–Crippen LogP) is 3.65. The highest BCUT2D eigenvalue weighted by Gasteiger charge is 2.17. The van der Waals surface area contributed by atoms with Crippen LogP contribution in [0.2, 0.25) is 0 Å². The van der Waals surface area contributed by atoms with E-state index in [0.29, 0.717) is 0 Å². The molecule has 1 aliphatic rings.